The molecule has 1 fully saturated rings. The molecule has 1 aromatic carbocycles. The Morgan fingerprint density at radius 1 is 1.06 bits per heavy atom. The van der Waals surface area contributed by atoms with Crippen LogP contribution in [0.25, 0.3) is 0 Å². The van der Waals surface area contributed by atoms with Crippen molar-refractivity contribution >= 4 is 11.8 Å². The maximum Gasteiger partial charge on any atom is 0.257 e. The van der Waals surface area contributed by atoms with Crippen molar-refractivity contribution in [2.45, 2.75) is 45.4 Å². The molecule has 0 saturated carbocycles. The lowest BCUT2D eigenvalue weighted by atomic mass is 9.75. The Labute approximate surface area is 202 Å². The lowest BCUT2D eigenvalue weighted by molar-refractivity contribution is -0.131. The Bertz CT molecular complexity index is 957. The molecule has 3 aliphatic rings. The van der Waals surface area contributed by atoms with Gasteiger partial charge in [0, 0.05) is 37.7 Å². The maximum atomic E-state index is 13.4. The first kappa shape index (κ1) is 24.0. The van der Waals surface area contributed by atoms with E-state index in [1.54, 1.807) is 12.4 Å². The van der Waals surface area contributed by atoms with Gasteiger partial charge in [-0.3, -0.25) is 14.6 Å². The molecule has 3 aliphatic heterocycles. The number of rotatable bonds is 4. The highest BCUT2D eigenvalue weighted by molar-refractivity contribution is 5.97. The molecular formula is C27H35N3O4. The fourth-order valence-electron chi connectivity index (χ4n) is 4.91. The van der Waals surface area contributed by atoms with E-state index < -0.39 is 0 Å². The molecule has 0 atom stereocenters. The monoisotopic (exact) mass is 465 g/mol. The number of fused-ring (bicyclic) bond motifs is 9. The third-order valence-corrected chi connectivity index (χ3v) is 7.07. The summed E-state index contributed by atoms with van der Waals surface area (Å²) < 4.78 is 12.2. The quantitative estimate of drug-likeness (QED) is 0.677. The van der Waals surface area contributed by atoms with Crippen LogP contribution >= 0.6 is 0 Å². The molecule has 0 radical (unpaired) electrons. The fourth-order valence-corrected chi connectivity index (χ4v) is 4.91. The van der Waals surface area contributed by atoms with Crippen molar-refractivity contribution in [2.75, 3.05) is 39.4 Å². The van der Waals surface area contributed by atoms with E-state index in [1.807, 2.05) is 53.1 Å². The molecule has 1 saturated heterocycles. The van der Waals surface area contributed by atoms with Crippen LogP contribution in [0, 0.1) is 5.41 Å². The molecule has 0 spiro atoms. The van der Waals surface area contributed by atoms with Crippen LogP contribution in [0.15, 0.2) is 48.8 Å². The molecule has 0 N–H and O–H groups in total. The van der Waals surface area contributed by atoms with Crippen LogP contribution in [-0.4, -0.2) is 66.0 Å². The molecule has 2 amide bonds. The van der Waals surface area contributed by atoms with Crippen molar-refractivity contribution in [1.82, 2.24) is 14.8 Å². The third-order valence-electron chi connectivity index (χ3n) is 7.07. The summed E-state index contributed by atoms with van der Waals surface area (Å²) in [6, 6.07) is 11.2. The van der Waals surface area contributed by atoms with E-state index in [0.29, 0.717) is 50.6 Å². The first-order valence-electron chi connectivity index (χ1n) is 12.4. The molecule has 1 aromatic heterocycles. The van der Waals surface area contributed by atoms with Gasteiger partial charge in [-0.05, 0) is 49.9 Å². The lowest BCUT2D eigenvalue weighted by Crippen LogP contribution is -2.45. The first-order chi connectivity index (χ1) is 16.6. The molecule has 182 valence electrons. The standard InChI is InChI=1S/C27H35N3O4/c1-2-25(31)29-15-6-5-11-27(21-34-22-8-7-14-28-20-22)12-16-30(17-13-27)26(32)23-9-3-4-10-24(23)33-19-18-29/h3-4,7-10,14,20H,2,5-6,11-13,15-19,21H2,1H3. The van der Waals surface area contributed by atoms with Crippen LogP contribution in [0.1, 0.15) is 55.8 Å². The van der Waals surface area contributed by atoms with Crippen molar-refractivity contribution in [2.24, 2.45) is 5.41 Å². The van der Waals surface area contributed by atoms with Crippen molar-refractivity contribution in [3.8, 4) is 11.5 Å². The topological polar surface area (TPSA) is 72.0 Å². The summed E-state index contributed by atoms with van der Waals surface area (Å²) in [7, 11) is 0. The number of nitrogens with zero attached hydrogens (tertiary/aromatic N) is 3. The van der Waals surface area contributed by atoms with Gasteiger partial charge in [-0.1, -0.05) is 25.5 Å². The van der Waals surface area contributed by atoms with Crippen LogP contribution in [0.5, 0.6) is 11.5 Å². The number of benzene rings is 1. The van der Waals surface area contributed by atoms with Gasteiger partial charge in [0.2, 0.25) is 5.91 Å². The summed E-state index contributed by atoms with van der Waals surface area (Å²) in [4.78, 5) is 33.9. The number of carbonyl (C=O) groups is 2. The van der Waals surface area contributed by atoms with Gasteiger partial charge < -0.3 is 19.3 Å². The fraction of sp³-hybridized carbons (Fsp3) is 0.519. The minimum absolute atomic E-state index is 0.00239. The second kappa shape index (κ2) is 11.4. The van der Waals surface area contributed by atoms with Gasteiger partial charge in [0.25, 0.3) is 5.91 Å². The molecule has 2 bridgehead atoms. The highest BCUT2D eigenvalue weighted by Gasteiger charge is 2.37. The summed E-state index contributed by atoms with van der Waals surface area (Å²) in [5.74, 6) is 1.51. The molecule has 7 heteroatoms. The Morgan fingerprint density at radius 3 is 2.65 bits per heavy atom. The number of hydrogen-bond donors (Lipinski definition) is 0. The number of piperidine rings is 1. The summed E-state index contributed by atoms with van der Waals surface area (Å²) in [5, 5.41) is 0. The molecule has 34 heavy (non-hydrogen) atoms. The van der Waals surface area contributed by atoms with Gasteiger partial charge in [-0.2, -0.15) is 0 Å². The summed E-state index contributed by atoms with van der Waals surface area (Å²) in [6.45, 7) is 5.52. The Balaban J connectivity index is 1.54. The van der Waals surface area contributed by atoms with Crippen molar-refractivity contribution in [1.29, 1.82) is 0 Å². The zero-order valence-electron chi connectivity index (χ0n) is 20.1. The zero-order chi connectivity index (χ0) is 23.8. The van der Waals surface area contributed by atoms with E-state index in [1.165, 1.54) is 0 Å². The Hall–Kier alpha value is -3.09. The molecule has 2 aromatic rings. The van der Waals surface area contributed by atoms with Crippen molar-refractivity contribution < 1.29 is 19.1 Å². The average molecular weight is 466 g/mol. The van der Waals surface area contributed by atoms with Crippen LogP contribution in [0.3, 0.4) is 0 Å². The second-order valence-electron chi connectivity index (χ2n) is 9.31. The number of hydrogen-bond acceptors (Lipinski definition) is 5. The predicted molar refractivity (Wildman–Crippen MR) is 130 cm³/mol. The smallest absolute Gasteiger partial charge is 0.257 e. The normalized spacial score (nSPS) is 18.9. The van der Waals surface area contributed by atoms with Gasteiger partial charge in [0.15, 0.2) is 0 Å². The Morgan fingerprint density at radius 2 is 1.88 bits per heavy atom. The number of carbonyl (C=O) groups excluding carboxylic acids is 2. The summed E-state index contributed by atoms with van der Waals surface area (Å²) in [6.07, 6.45) is 8.71. The van der Waals surface area contributed by atoms with E-state index in [2.05, 4.69) is 4.98 Å². The van der Waals surface area contributed by atoms with Crippen molar-refractivity contribution in [3.63, 3.8) is 0 Å². The molecule has 0 aliphatic carbocycles. The highest BCUT2D eigenvalue weighted by Crippen LogP contribution is 2.38. The number of pyridine rings is 1. The van der Waals surface area contributed by atoms with Crippen LogP contribution < -0.4 is 9.47 Å². The zero-order valence-corrected chi connectivity index (χ0v) is 20.1. The lowest BCUT2D eigenvalue weighted by Gasteiger charge is -2.42. The largest absolute Gasteiger partial charge is 0.491 e. The average Bonchev–Trinajstić information content (AvgIpc) is 2.89. The minimum Gasteiger partial charge on any atom is -0.491 e. The molecular weight excluding hydrogens is 430 g/mol. The number of ether oxygens (including phenoxy) is 2. The van der Waals surface area contributed by atoms with Gasteiger partial charge >= 0.3 is 0 Å². The Kier molecular flexibility index (Phi) is 8.03. The van der Waals surface area contributed by atoms with Crippen LogP contribution in [0.4, 0.5) is 0 Å². The highest BCUT2D eigenvalue weighted by atomic mass is 16.5. The number of amides is 2. The second-order valence-corrected chi connectivity index (χ2v) is 9.31. The van der Waals surface area contributed by atoms with Gasteiger partial charge in [-0.25, -0.2) is 0 Å². The minimum atomic E-state index is 0.00239. The van der Waals surface area contributed by atoms with E-state index in [0.717, 1.165) is 44.4 Å². The van der Waals surface area contributed by atoms with Crippen LogP contribution in [0.2, 0.25) is 0 Å². The van der Waals surface area contributed by atoms with Crippen LogP contribution in [-0.2, 0) is 4.79 Å². The van der Waals surface area contributed by atoms with Crippen molar-refractivity contribution in [3.05, 3.63) is 54.4 Å². The first-order valence-corrected chi connectivity index (χ1v) is 12.4. The predicted octanol–water partition coefficient (Wildman–Crippen LogP) is 4.18. The van der Waals surface area contributed by atoms with E-state index in [4.69, 9.17) is 9.47 Å². The third kappa shape index (κ3) is 5.88. The molecule has 4 heterocycles. The van der Waals surface area contributed by atoms with Gasteiger partial charge in [0.05, 0.1) is 24.9 Å². The van der Waals surface area contributed by atoms with E-state index in [9.17, 15) is 9.59 Å². The summed E-state index contributed by atoms with van der Waals surface area (Å²) >= 11 is 0. The SMILES string of the molecule is CCC(=O)N1CCCCC2(COc3cccnc3)CCN(CC2)C(=O)c2ccccc2OCC1. The molecule has 0 unspecified atom stereocenters. The molecule has 5 rings (SSSR count). The van der Waals surface area contributed by atoms with Gasteiger partial charge in [0.1, 0.15) is 18.1 Å². The maximum absolute atomic E-state index is 13.4. The van der Waals surface area contributed by atoms with E-state index in [-0.39, 0.29) is 17.2 Å². The van der Waals surface area contributed by atoms with Gasteiger partial charge in [-0.15, -0.1) is 0 Å². The number of para-hydroxylation sites is 1. The number of aromatic nitrogens is 1. The summed E-state index contributed by atoms with van der Waals surface area (Å²) in [5.41, 5.74) is 0.590. The molecule has 7 nitrogen and oxygen atoms in total. The van der Waals surface area contributed by atoms with E-state index >= 15 is 0 Å².